The molecule has 2 heterocycles. The van der Waals surface area contributed by atoms with Crippen molar-refractivity contribution in [3.8, 4) is 0 Å². The topological polar surface area (TPSA) is 76.5 Å². The van der Waals surface area contributed by atoms with Crippen molar-refractivity contribution in [2.75, 3.05) is 6.61 Å². The van der Waals surface area contributed by atoms with Crippen LogP contribution >= 0.6 is 11.6 Å². The summed E-state index contributed by atoms with van der Waals surface area (Å²) in [6.07, 6.45) is 1.39. The smallest absolute Gasteiger partial charge is 0.343 e. The van der Waals surface area contributed by atoms with E-state index in [-0.39, 0.29) is 29.3 Å². The predicted molar refractivity (Wildman–Crippen MR) is 61.3 cm³/mol. The lowest BCUT2D eigenvalue weighted by Gasteiger charge is -2.00. The predicted octanol–water partition coefficient (Wildman–Crippen LogP) is 0.938. The van der Waals surface area contributed by atoms with Gasteiger partial charge in [-0.15, -0.1) is 11.6 Å². The molecule has 90 valence electrons. The molecule has 1 N–H and O–H groups in total. The van der Waals surface area contributed by atoms with E-state index in [4.69, 9.17) is 16.3 Å². The molecule has 0 aliphatic rings. The van der Waals surface area contributed by atoms with Gasteiger partial charge >= 0.3 is 5.97 Å². The number of nitrogens with one attached hydrogen (secondary N) is 1. The molecule has 0 aromatic carbocycles. The van der Waals surface area contributed by atoms with E-state index in [9.17, 15) is 9.59 Å². The average molecular weight is 256 g/mol. The lowest BCUT2D eigenvalue weighted by Crippen LogP contribution is -2.16. The van der Waals surface area contributed by atoms with Gasteiger partial charge in [-0.2, -0.15) is 0 Å². The lowest BCUT2D eigenvalue weighted by molar-refractivity contribution is 0.0528. The van der Waals surface area contributed by atoms with Crippen LogP contribution < -0.4 is 5.56 Å². The molecule has 2 rings (SSSR count). The molecule has 0 amide bonds. The van der Waals surface area contributed by atoms with Gasteiger partial charge in [0.2, 0.25) is 0 Å². The Morgan fingerprint density at radius 1 is 1.65 bits per heavy atom. The van der Waals surface area contributed by atoms with Gasteiger partial charge in [0.05, 0.1) is 18.2 Å². The molecule has 7 heteroatoms. The van der Waals surface area contributed by atoms with Crippen molar-refractivity contribution in [3.63, 3.8) is 0 Å². The van der Waals surface area contributed by atoms with Crippen LogP contribution in [-0.2, 0) is 10.6 Å². The van der Waals surface area contributed by atoms with Crippen LogP contribution in [0.15, 0.2) is 17.1 Å². The number of rotatable bonds is 3. The minimum Gasteiger partial charge on any atom is -0.462 e. The summed E-state index contributed by atoms with van der Waals surface area (Å²) in [5.41, 5.74) is 0.547. The lowest BCUT2D eigenvalue weighted by atomic mass is 10.3. The SMILES string of the molecule is CCOC(=O)c1c[nH]n2c(=O)cc(CCl)nc12. The van der Waals surface area contributed by atoms with E-state index in [1.807, 2.05) is 0 Å². The molecule has 0 bridgehead atoms. The van der Waals surface area contributed by atoms with Gasteiger partial charge in [0.25, 0.3) is 5.56 Å². The Kier molecular flexibility index (Phi) is 3.14. The average Bonchev–Trinajstić information content (AvgIpc) is 2.73. The molecule has 0 aliphatic carbocycles. The van der Waals surface area contributed by atoms with Crippen molar-refractivity contribution in [3.05, 3.63) is 33.9 Å². The fraction of sp³-hybridized carbons (Fsp3) is 0.300. The van der Waals surface area contributed by atoms with Crippen LogP contribution in [-0.4, -0.2) is 27.2 Å². The molecule has 0 saturated heterocycles. The van der Waals surface area contributed by atoms with Crippen LogP contribution in [0.2, 0.25) is 0 Å². The van der Waals surface area contributed by atoms with Crippen LogP contribution in [0.3, 0.4) is 0 Å². The van der Waals surface area contributed by atoms with Crippen molar-refractivity contribution in [1.82, 2.24) is 14.6 Å². The number of carbonyl (C=O) groups excluding carboxylic acids is 1. The first-order valence-corrected chi connectivity index (χ1v) is 5.54. The Morgan fingerprint density at radius 2 is 2.41 bits per heavy atom. The number of aromatic amines is 1. The van der Waals surface area contributed by atoms with Crippen LogP contribution in [0.1, 0.15) is 23.0 Å². The molecule has 0 fully saturated rings. The van der Waals surface area contributed by atoms with Crippen molar-refractivity contribution in [1.29, 1.82) is 0 Å². The number of nitrogens with zero attached hydrogens (tertiary/aromatic N) is 2. The summed E-state index contributed by atoms with van der Waals surface area (Å²) >= 11 is 5.62. The summed E-state index contributed by atoms with van der Waals surface area (Å²) < 4.78 is 6.03. The maximum Gasteiger partial charge on any atom is 0.343 e. The summed E-state index contributed by atoms with van der Waals surface area (Å²) in [6.45, 7) is 1.96. The summed E-state index contributed by atoms with van der Waals surface area (Å²) in [5.74, 6) is -0.413. The molecule has 6 nitrogen and oxygen atoms in total. The van der Waals surface area contributed by atoms with Crippen LogP contribution in [0.4, 0.5) is 0 Å². The molecule has 2 aromatic rings. The number of hydrogen-bond acceptors (Lipinski definition) is 4. The number of alkyl halides is 1. The van der Waals surface area contributed by atoms with Gasteiger partial charge < -0.3 is 4.74 Å². The summed E-state index contributed by atoms with van der Waals surface area (Å²) in [6, 6.07) is 1.31. The van der Waals surface area contributed by atoms with Gasteiger partial charge in [-0.1, -0.05) is 0 Å². The number of fused-ring (bicyclic) bond motifs is 1. The van der Waals surface area contributed by atoms with Crippen molar-refractivity contribution < 1.29 is 9.53 Å². The second kappa shape index (κ2) is 4.58. The summed E-state index contributed by atoms with van der Waals surface area (Å²) in [7, 11) is 0. The van der Waals surface area contributed by atoms with Crippen LogP contribution in [0.25, 0.3) is 5.65 Å². The first-order chi connectivity index (χ1) is 8.17. The highest BCUT2D eigenvalue weighted by molar-refractivity contribution is 6.16. The second-order valence-electron chi connectivity index (χ2n) is 3.29. The van der Waals surface area contributed by atoms with Crippen molar-refractivity contribution in [2.45, 2.75) is 12.8 Å². The van der Waals surface area contributed by atoms with Gasteiger partial charge in [0.1, 0.15) is 5.56 Å². The van der Waals surface area contributed by atoms with E-state index >= 15 is 0 Å². The molecular weight excluding hydrogens is 246 g/mol. The quantitative estimate of drug-likeness (QED) is 0.654. The maximum absolute atomic E-state index is 11.6. The van der Waals surface area contributed by atoms with E-state index in [1.54, 1.807) is 6.92 Å². The Labute approximate surface area is 101 Å². The van der Waals surface area contributed by atoms with Gasteiger partial charge in [-0.3, -0.25) is 9.89 Å². The summed E-state index contributed by atoms with van der Waals surface area (Å²) in [4.78, 5) is 27.4. The Balaban J connectivity index is 2.62. The van der Waals surface area contributed by atoms with Gasteiger partial charge in [0.15, 0.2) is 5.65 Å². The Bertz CT molecular complexity index is 617. The van der Waals surface area contributed by atoms with Crippen LogP contribution in [0, 0.1) is 0 Å². The number of esters is 1. The zero-order chi connectivity index (χ0) is 12.4. The zero-order valence-corrected chi connectivity index (χ0v) is 9.82. The third-order valence-electron chi connectivity index (χ3n) is 2.18. The third-order valence-corrected chi connectivity index (χ3v) is 2.46. The fourth-order valence-electron chi connectivity index (χ4n) is 1.46. The van der Waals surface area contributed by atoms with E-state index in [1.165, 1.54) is 16.8 Å². The van der Waals surface area contributed by atoms with E-state index in [0.717, 1.165) is 0 Å². The third kappa shape index (κ3) is 2.03. The van der Waals surface area contributed by atoms with E-state index < -0.39 is 5.97 Å². The van der Waals surface area contributed by atoms with Crippen LogP contribution in [0.5, 0.6) is 0 Å². The molecule has 2 aromatic heterocycles. The number of aromatic nitrogens is 3. The first-order valence-electron chi connectivity index (χ1n) is 5.00. The maximum atomic E-state index is 11.6. The fourth-order valence-corrected chi connectivity index (χ4v) is 1.59. The molecule has 0 spiro atoms. The number of ether oxygens (including phenoxy) is 1. The first kappa shape index (κ1) is 11.7. The molecule has 0 atom stereocenters. The Morgan fingerprint density at radius 3 is 3.06 bits per heavy atom. The van der Waals surface area contributed by atoms with Gasteiger partial charge in [0, 0.05) is 12.3 Å². The van der Waals surface area contributed by atoms with E-state index in [0.29, 0.717) is 5.69 Å². The molecular formula is C10H10ClN3O3. The molecule has 0 radical (unpaired) electrons. The molecule has 17 heavy (non-hydrogen) atoms. The molecule has 0 saturated carbocycles. The highest BCUT2D eigenvalue weighted by atomic mass is 35.5. The second-order valence-corrected chi connectivity index (χ2v) is 3.55. The van der Waals surface area contributed by atoms with Gasteiger partial charge in [-0.25, -0.2) is 14.3 Å². The van der Waals surface area contributed by atoms with Gasteiger partial charge in [-0.05, 0) is 6.92 Å². The highest BCUT2D eigenvalue weighted by Crippen LogP contribution is 2.09. The monoisotopic (exact) mass is 255 g/mol. The molecule has 0 aliphatic heterocycles. The normalized spacial score (nSPS) is 10.7. The number of H-pyrrole nitrogens is 1. The zero-order valence-electron chi connectivity index (χ0n) is 9.07. The standard InChI is InChI=1S/C10H10ClN3O3/c1-2-17-10(16)7-5-12-14-8(15)3-6(4-11)13-9(7)14/h3,5,12H,2,4H2,1H3. The molecule has 0 unspecified atom stereocenters. The number of carbonyl (C=O) groups is 1. The summed E-state index contributed by atoms with van der Waals surface area (Å²) in [5, 5.41) is 2.64. The van der Waals surface area contributed by atoms with Crippen molar-refractivity contribution >= 4 is 23.2 Å². The minimum atomic E-state index is -0.523. The van der Waals surface area contributed by atoms with E-state index in [2.05, 4.69) is 10.1 Å². The Hall–Kier alpha value is -1.82. The minimum absolute atomic E-state index is 0.110. The van der Waals surface area contributed by atoms with Crippen molar-refractivity contribution in [2.24, 2.45) is 0 Å². The number of hydrogen-bond donors (Lipinski definition) is 1. The highest BCUT2D eigenvalue weighted by Gasteiger charge is 2.16. The number of halogens is 1. The largest absolute Gasteiger partial charge is 0.462 e.